The van der Waals surface area contributed by atoms with Gasteiger partial charge in [-0.15, -0.1) is 0 Å². The standard InChI is InChI=1S/C11H12O2.C6H7F3O2/c1-9(11(12)13-2)8-10-6-4-3-5-7-10;1-4(2)5(10)11-3-6(7,8)9/h3-7H,1,8H2,2H3;1,3H2,2H3. The smallest absolute Gasteiger partial charge is 0.422 e. The van der Waals surface area contributed by atoms with E-state index in [9.17, 15) is 22.8 Å². The fourth-order valence-corrected chi connectivity index (χ4v) is 1.33. The molecule has 1 rings (SSSR count). The van der Waals surface area contributed by atoms with E-state index in [0.717, 1.165) is 5.56 Å². The van der Waals surface area contributed by atoms with E-state index >= 15 is 0 Å². The van der Waals surface area contributed by atoms with E-state index in [-0.39, 0.29) is 11.5 Å². The van der Waals surface area contributed by atoms with Gasteiger partial charge in [0.25, 0.3) is 0 Å². The predicted octanol–water partition coefficient (Wildman–Crippen LogP) is 3.63. The molecule has 0 unspecified atom stereocenters. The number of ether oxygens (including phenoxy) is 2. The van der Waals surface area contributed by atoms with Crippen LogP contribution in [0.5, 0.6) is 0 Å². The van der Waals surface area contributed by atoms with Crippen LogP contribution in [-0.2, 0) is 25.5 Å². The van der Waals surface area contributed by atoms with Crippen molar-refractivity contribution in [2.24, 2.45) is 0 Å². The highest BCUT2D eigenvalue weighted by molar-refractivity contribution is 5.88. The highest BCUT2D eigenvalue weighted by atomic mass is 19.4. The summed E-state index contributed by atoms with van der Waals surface area (Å²) in [5.74, 6) is -1.37. The topological polar surface area (TPSA) is 52.6 Å². The van der Waals surface area contributed by atoms with Crippen molar-refractivity contribution in [3.05, 3.63) is 60.2 Å². The monoisotopic (exact) mass is 344 g/mol. The fourth-order valence-electron chi connectivity index (χ4n) is 1.33. The Morgan fingerprint density at radius 1 is 1.08 bits per heavy atom. The van der Waals surface area contributed by atoms with Gasteiger partial charge in [0, 0.05) is 17.6 Å². The number of alkyl halides is 3. The summed E-state index contributed by atoms with van der Waals surface area (Å²) in [6, 6.07) is 9.70. The average Bonchev–Trinajstić information content (AvgIpc) is 2.52. The number of rotatable bonds is 5. The van der Waals surface area contributed by atoms with E-state index in [4.69, 9.17) is 0 Å². The maximum absolute atomic E-state index is 11.4. The van der Waals surface area contributed by atoms with Crippen LogP contribution >= 0.6 is 0 Å². The molecule has 0 fully saturated rings. The van der Waals surface area contributed by atoms with Gasteiger partial charge < -0.3 is 9.47 Å². The minimum absolute atomic E-state index is 0.0470. The average molecular weight is 344 g/mol. The van der Waals surface area contributed by atoms with Crippen LogP contribution in [0.2, 0.25) is 0 Å². The first-order valence-corrected chi connectivity index (χ1v) is 6.76. The van der Waals surface area contributed by atoms with Gasteiger partial charge in [0.2, 0.25) is 0 Å². The SMILES string of the molecule is C=C(C)C(=O)OCC(F)(F)F.C=C(Cc1ccccc1)C(=O)OC. The number of methoxy groups -OCH3 is 1. The van der Waals surface area contributed by atoms with E-state index < -0.39 is 18.8 Å². The normalized spacial score (nSPS) is 10.0. The van der Waals surface area contributed by atoms with Crippen LogP contribution in [-0.4, -0.2) is 31.8 Å². The summed E-state index contributed by atoms with van der Waals surface area (Å²) in [6.45, 7) is 6.48. The summed E-state index contributed by atoms with van der Waals surface area (Å²) in [7, 11) is 1.36. The Balaban J connectivity index is 0.000000449. The maximum Gasteiger partial charge on any atom is 0.422 e. The molecule has 4 nitrogen and oxygen atoms in total. The van der Waals surface area contributed by atoms with Crippen molar-refractivity contribution in [2.75, 3.05) is 13.7 Å². The highest BCUT2D eigenvalue weighted by Crippen LogP contribution is 2.14. The van der Waals surface area contributed by atoms with Gasteiger partial charge in [0.1, 0.15) is 0 Å². The summed E-state index contributed by atoms with van der Waals surface area (Å²) < 4.78 is 42.5. The van der Waals surface area contributed by atoms with Crippen molar-refractivity contribution >= 4 is 11.9 Å². The van der Waals surface area contributed by atoms with Crippen molar-refractivity contribution in [2.45, 2.75) is 19.5 Å². The van der Waals surface area contributed by atoms with Gasteiger partial charge in [-0.25, -0.2) is 9.59 Å². The van der Waals surface area contributed by atoms with Crippen molar-refractivity contribution in [3.63, 3.8) is 0 Å². The Kier molecular flexibility index (Phi) is 9.15. The number of halogens is 3. The largest absolute Gasteiger partial charge is 0.466 e. The van der Waals surface area contributed by atoms with Crippen molar-refractivity contribution in [1.82, 2.24) is 0 Å². The predicted molar refractivity (Wildman–Crippen MR) is 83.1 cm³/mol. The lowest BCUT2D eigenvalue weighted by atomic mass is 10.1. The zero-order valence-electron chi connectivity index (χ0n) is 13.5. The molecule has 0 amide bonds. The first kappa shape index (κ1) is 21.4. The third-order valence-electron chi connectivity index (χ3n) is 2.45. The zero-order chi connectivity index (χ0) is 18.8. The molecule has 0 saturated carbocycles. The quantitative estimate of drug-likeness (QED) is 0.605. The van der Waals surface area contributed by atoms with Crippen LogP contribution in [0.3, 0.4) is 0 Å². The molecule has 7 heteroatoms. The van der Waals surface area contributed by atoms with E-state index in [1.54, 1.807) is 0 Å². The Hall–Kier alpha value is -2.57. The van der Waals surface area contributed by atoms with E-state index in [2.05, 4.69) is 22.6 Å². The Labute approximate surface area is 138 Å². The third kappa shape index (κ3) is 10.2. The molecule has 0 saturated heterocycles. The van der Waals surface area contributed by atoms with Crippen LogP contribution < -0.4 is 0 Å². The summed E-state index contributed by atoms with van der Waals surface area (Å²) in [4.78, 5) is 21.4. The maximum atomic E-state index is 11.4. The van der Waals surface area contributed by atoms with Crippen LogP contribution in [0, 0.1) is 0 Å². The number of hydrogen-bond donors (Lipinski definition) is 0. The number of carbonyl (C=O) groups is 2. The number of hydrogen-bond acceptors (Lipinski definition) is 4. The molecule has 24 heavy (non-hydrogen) atoms. The first-order valence-electron chi connectivity index (χ1n) is 6.76. The fraction of sp³-hybridized carbons (Fsp3) is 0.294. The van der Waals surface area contributed by atoms with Crippen LogP contribution in [0.15, 0.2) is 54.6 Å². The summed E-state index contributed by atoms with van der Waals surface area (Å²) in [6.07, 6.45) is -3.92. The molecule has 0 aromatic heterocycles. The molecular weight excluding hydrogens is 325 g/mol. The molecule has 132 valence electrons. The van der Waals surface area contributed by atoms with Gasteiger partial charge in [-0.3, -0.25) is 0 Å². The van der Waals surface area contributed by atoms with Crippen LogP contribution in [0.1, 0.15) is 12.5 Å². The minimum Gasteiger partial charge on any atom is -0.466 e. The van der Waals surface area contributed by atoms with Gasteiger partial charge in [0.15, 0.2) is 6.61 Å². The lowest BCUT2D eigenvalue weighted by molar-refractivity contribution is -0.183. The van der Waals surface area contributed by atoms with Gasteiger partial charge in [-0.1, -0.05) is 43.5 Å². The number of esters is 2. The molecular formula is C17H19F3O4. The zero-order valence-corrected chi connectivity index (χ0v) is 13.5. The van der Waals surface area contributed by atoms with Crippen LogP contribution in [0.4, 0.5) is 13.2 Å². The van der Waals surface area contributed by atoms with Gasteiger partial charge >= 0.3 is 18.1 Å². The van der Waals surface area contributed by atoms with E-state index in [1.807, 2.05) is 30.3 Å². The van der Waals surface area contributed by atoms with Crippen molar-refractivity contribution in [3.8, 4) is 0 Å². The molecule has 0 atom stereocenters. The third-order valence-corrected chi connectivity index (χ3v) is 2.45. The summed E-state index contributed by atoms with van der Waals surface area (Å²) >= 11 is 0. The molecule has 0 aliphatic heterocycles. The lowest BCUT2D eigenvalue weighted by Gasteiger charge is -2.06. The summed E-state index contributed by atoms with van der Waals surface area (Å²) in [5, 5.41) is 0. The molecule has 0 bridgehead atoms. The second-order valence-electron chi connectivity index (χ2n) is 4.73. The summed E-state index contributed by atoms with van der Waals surface area (Å²) in [5.41, 5.74) is 1.50. The van der Waals surface area contributed by atoms with E-state index in [0.29, 0.717) is 12.0 Å². The van der Waals surface area contributed by atoms with Gasteiger partial charge in [-0.2, -0.15) is 13.2 Å². The molecule has 0 N–H and O–H groups in total. The number of benzene rings is 1. The Morgan fingerprint density at radius 2 is 1.62 bits per heavy atom. The second-order valence-corrected chi connectivity index (χ2v) is 4.73. The molecule has 1 aromatic rings. The minimum atomic E-state index is -4.47. The Morgan fingerprint density at radius 3 is 2.04 bits per heavy atom. The molecule has 0 aliphatic rings. The molecule has 0 heterocycles. The van der Waals surface area contributed by atoms with Crippen molar-refractivity contribution in [1.29, 1.82) is 0 Å². The van der Waals surface area contributed by atoms with Crippen LogP contribution in [0.25, 0.3) is 0 Å². The second kappa shape index (κ2) is 10.3. The van der Waals surface area contributed by atoms with Gasteiger partial charge in [-0.05, 0) is 12.5 Å². The number of carbonyl (C=O) groups excluding carboxylic acids is 2. The first-order chi connectivity index (χ1) is 11.1. The lowest BCUT2D eigenvalue weighted by Crippen LogP contribution is -2.20. The molecule has 1 aromatic carbocycles. The van der Waals surface area contributed by atoms with E-state index in [1.165, 1.54) is 14.0 Å². The highest BCUT2D eigenvalue weighted by Gasteiger charge is 2.29. The molecule has 0 aliphatic carbocycles. The molecule has 0 spiro atoms. The Bertz CT molecular complexity index is 577. The van der Waals surface area contributed by atoms with Gasteiger partial charge in [0.05, 0.1) is 7.11 Å². The van der Waals surface area contributed by atoms with Crippen molar-refractivity contribution < 1.29 is 32.2 Å². The molecule has 0 radical (unpaired) electrons.